The Kier molecular flexibility index (Phi) is 5.30. The van der Waals surface area contributed by atoms with E-state index in [-0.39, 0.29) is 6.61 Å². The average Bonchev–Trinajstić information content (AvgIpc) is 2.44. The molecule has 1 aliphatic rings. The van der Waals surface area contributed by atoms with Crippen LogP contribution < -0.4 is 4.72 Å². The number of carbonyl (C=O) groups is 1. The van der Waals surface area contributed by atoms with Gasteiger partial charge in [-0.2, -0.15) is 13.2 Å². The Morgan fingerprint density at radius 1 is 1.30 bits per heavy atom. The van der Waals surface area contributed by atoms with Gasteiger partial charge in [0.1, 0.15) is 0 Å². The van der Waals surface area contributed by atoms with Crippen LogP contribution in [0.3, 0.4) is 0 Å². The third-order valence-corrected chi connectivity index (χ3v) is 4.70. The minimum atomic E-state index is -4.43. The molecule has 1 N–H and O–H groups in total. The lowest BCUT2D eigenvalue weighted by Gasteiger charge is -2.25. The van der Waals surface area contributed by atoms with E-state index in [0.717, 1.165) is 5.56 Å². The van der Waals surface area contributed by atoms with Crippen LogP contribution >= 0.6 is 0 Å². The quantitative estimate of drug-likeness (QED) is 0.882. The van der Waals surface area contributed by atoms with Gasteiger partial charge in [-0.1, -0.05) is 24.3 Å². The molecule has 9 heteroatoms. The van der Waals surface area contributed by atoms with E-state index in [9.17, 15) is 26.4 Å². The molecule has 1 aromatic carbocycles. The summed E-state index contributed by atoms with van der Waals surface area (Å²) in [7, 11) is -4.13. The van der Waals surface area contributed by atoms with Crippen LogP contribution in [0, 0.1) is 0 Å². The summed E-state index contributed by atoms with van der Waals surface area (Å²) < 4.78 is 66.7. The molecule has 0 radical (unpaired) electrons. The van der Waals surface area contributed by atoms with Gasteiger partial charge in [-0.3, -0.25) is 9.52 Å². The molecule has 0 bridgehead atoms. The molecule has 128 valence electrons. The lowest BCUT2D eigenvalue weighted by molar-refractivity contribution is -0.134. The average molecular weight is 351 g/mol. The van der Waals surface area contributed by atoms with Crippen LogP contribution in [0.2, 0.25) is 0 Å². The summed E-state index contributed by atoms with van der Waals surface area (Å²) in [6.45, 7) is 0.267. The molecule has 23 heavy (non-hydrogen) atoms. The Bertz CT molecular complexity index is 673. The summed E-state index contributed by atoms with van der Waals surface area (Å²) in [5, 5.41) is 0. The van der Waals surface area contributed by atoms with Gasteiger partial charge in [-0.25, -0.2) is 8.42 Å². The fraction of sp³-hybridized carbons (Fsp3) is 0.500. The van der Waals surface area contributed by atoms with Crippen molar-refractivity contribution in [3.63, 3.8) is 0 Å². The van der Waals surface area contributed by atoms with Crippen LogP contribution in [0.1, 0.15) is 30.1 Å². The van der Waals surface area contributed by atoms with Gasteiger partial charge in [0.25, 0.3) is 5.91 Å². The van der Waals surface area contributed by atoms with E-state index in [1.165, 1.54) is 0 Å². The fourth-order valence-corrected chi connectivity index (χ4v) is 3.37. The van der Waals surface area contributed by atoms with E-state index in [0.29, 0.717) is 12.0 Å². The molecule has 2 rings (SSSR count). The molecule has 0 saturated heterocycles. The van der Waals surface area contributed by atoms with E-state index in [4.69, 9.17) is 4.74 Å². The molecule has 1 aromatic rings. The fourth-order valence-electron chi connectivity index (χ4n) is 2.33. The van der Waals surface area contributed by atoms with E-state index in [2.05, 4.69) is 0 Å². The van der Waals surface area contributed by atoms with Gasteiger partial charge in [0, 0.05) is 6.42 Å². The second-order valence-electron chi connectivity index (χ2n) is 5.20. The summed E-state index contributed by atoms with van der Waals surface area (Å²) in [4.78, 5) is 12.1. The minimum Gasteiger partial charge on any atom is -0.363 e. The van der Waals surface area contributed by atoms with Crippen molar-refractivity contribution < 1.29 is 31.1 Å². The van der Waals surface area contributed by atoms with Crippen molar-refractivity contribution in [2.24, 2.45) is 0 Å². The number of rotatable bonds is 5. The number of halogens is 3. The lowest BCUT2D eigenvalue weighted by atomic mass is 9.97. The molecular formula is C14H16F3NO4S. The highest BCUT2D eigenvalue weighted by atomic mass is 32.2. The Hall–Kier alpha value is -1.61. The first-order valence-corrected chi connectivity index (χ1v) is 8.64. The molecule has 1 amide bonds. The van der Waals surface area contributed by atoms with Crippen molar-refractivity contribution in [1.82, 2.24) is 4.72 Å². The molecular weight excluding hydrogens is 335 g/mol. The molecule has 0 spiro atoms. The molecule has 1 heterocycles. The highest BCUT2D eigenvalue weighted by Gasteiger charge is 2.31. The first-order chi connectivity index (χ1) is 10.7. The molecule has 1 aliphatic heterocycles. The van der Waals surface area contributed by atoms with Crippen LogP contribution in [0.5, 0.6) is 0 Å². The number of sulfonamides is 1. The number of nitrogens with one attached hydrogen (secondary N) is 1. The highest BCUT2D eigenvalue weighted by molar-refractivity contribution is 7.90. The summed E-state index contributed by atoms with van der Waals surface area (Å²) in [5.74, 6) is -1.66. The van der Waals surface area contributed by atoms with Crippen molar-refractivity contribution in [3.8, 4) is 0 Å². The normalized spacial score (nSPS) is 18.3. The number of fused-ring (bicyclic) bond motifs is 1. The van der Waals surface area contributed by atoms with Crippen LogP contribution in [0.25, 0.3) is 0 Å². The van der Waals surface area contributed by atoms with Gasteiger partial charge in [0.2, 0.25) is 10.0 Å². The Balaban J connectivity index is 1.99. The third kappa shape index (κ3) is 5.21. The minimum absolute atomic E-state index is 0.267. The largest absolute Gasteiger partial charge is 0.389 e. The number of hydrogen-bond donors (Lipinski definition) is 1. The van der Waals surface area contributed by atoms with Crippen LogP contribution in [0.15, 0.2) is 24.3 Å². The van der Waals surface area contributed by atoms with Crippen molar-refractivity contribution in [2.75, 3.05) is 12.4 Å². The topological polar surface area (TPSA) is 72.5 Å². The first-order valence-electron chi connectivity index (χ1n) is 6.98. The lowest BCUT2D eigenvalue weighted by Crippen LogP contribution is -2.38. The monoisotopic (exact) mass is 351 g/mol. The Labute approximate surface area is 131 Å². The van der Waals surface area contributed by atoms with Gasteiger partial charge in [0.05, 0.1) is 12.4 Å². The molecule has 0 saturated carbocycles. The number of carbonyl (C=O) groups excluding carboxylic acids is 1. The molecule has 0 aliphatic carbocycles. The predicted molar refractivity (Wildman–Crippen MR) is 76.1 cm³/mol. The molecule has 0 fully saturated rings. The maximum absolute atomic E-state index is 12.1. The van der Waals surface area contributed by atoms with E-state index in [1.807, 2.05) is 6.07 Å². The highest BCUT2D eigenvalue weighted by Crippen LogP contribution is 2.27. The molecule has 1 unspecified atom stereocenters. The second-order valence-corrected chi connectivity index (χ2v) is 7.05. The van der Waals surface area contributed by atoms with Gasteiger partial charge in [-0.15, -0.1) is 0 Å². The summed E-state index contributed by atoms with van der Waals surface area (Å²) in [5.41, 5.74) is 1.45. The number of hydrogen-bond acceptors (Lipinski definition) is 4. The molecule has 5 nitrogen and oxygen atoms in total. The summed E-state index contributed by atoms with van der Waals surface area (Å²) >= 11 is 0. The van der Waals surface area contributed by atoms with Crippen molar-refractivity contribution in [1.29, 1.82) is 0 Å². The number of amides is 1. The zero-order valence-electron chi connectivity index (χ0n) is 12.1. The summed E-state index contributed by atoms with van der Waals surface area (Å²) in [6, 6.07) is 6.98. The van der Waals surface area contributed by atoms with Crippen molar-refractivity contribution in [3.05, 3.63) is 35.4 Å². The van der Waals surface area contributed by atoms with Gasteiger partial charge < -0.3 is 4.74 Å². The predicted octanol–water partition coefficient (Wildman–Crippen LogP) is 2.09. The van der Waals surface area contributed by atoms with Gasteiger partial charge in [0.15, 0.2) is 6.10 Å². The molecule has 0 aromatic heterocycles. The van der Waals surface area contributed by atoms with E-state index < -0.39 is 46.8 Å². The first kappa shape index (κ1) is 17.7. The van der Waals surface area contributed by atoms with Crippen molar-refractivity contribution >= 4 is 15.9 Å². The number of benzene rings is 1. The number of ether oxygens (including phenoxy) is 1. The third-order valence-electron chi connectivity index (χ3n) is 3.36. The standard InChI is InChI=1S/C14H16F3NO4S/c15-14(16,17)7-3-9-23(20,21)18-13(19)12-11-5-2-1-4-10(11)6-8-22-12/h1-2,4-5,12H,3,6-9H2,(H,18,19). The maximum atomic E-state index is 12.1. The maximum Gasteiger partial charge on any atom is 0.389 e. The smallest absolute Gasteiger partial charge is 0.363 e. The molecule has 1 atom stereocenters. The van der Waals surface area contributed by atoms with Gasteiger partial charge >= 0.3 is 6.18 Å². The Morgan fingerprint density at radius 3 is 2.70 bits per heavy atom. The van der Waals surface area contributed by atoms with Crippen LogP contribution in [-0.2, 0) is 26.0 Å². The van der Waals surface area contributed by atoms with Crippen LogP contribution in [0.4, 0.5) is 13.2 Å². The van der Waals surface area contributed by atoms with Crippen molar-refractivity contribution in [2.45, 2.75) is 31.5 Å². The zero-order valence-corrected chi connectivity index (χ0v) is 12.9. The second kappa shape index (κ2) is 6.88. The van der Waals surface area contributed by atoms with Gasteiger partial charge in [-0.05, 0) is 24.0 Å². The van der Waals surface area contributed by atoms with E-state index in [1.54, 1.807) is 22.9 Å². The summed E-state index contributed by atoms with van der Waals surface area (Å²) in [6.07, 6.45) is -6.71. The number of alkyl halides is 3. The Morgan fingerprint density at radius 2 is 2.00 bits per heavy atom. The zero-order chi connectivity index (χ0) is 17.1. The van der Waals surface area contributed by atoms with E-state index >= 15 is 0 Å². The SMILES string of the molecule is O=C(NS(=O)(=O)CCCC(F)(F)F)C1OCCc2ccccc21. The van der Waals surface area contributed by atoms with Crippen LogP contribution in [-0.4, -0.2) is 32.9 Å².